The Morgan fingerprint density at radius 3 is 2.57 bits per heavy atom. The van der Waals surface area contributed by atoms with Crippen molar-refractivity contribution >= 4 is 56.5 Å². The molecule has 0 saturated heterocycles. The van der Waals surface area contributed by atoms with Gasteiger partial charge in [-0.3, -0.25) is 0 Å². The summed E-state index contributed by atoms with van der Waals surface area (Å²) in [7, 11) is 0. The fourth-order valence-corrected chi connectivity index (χ4v) is 3.83. The van der Waals surface area contributed by atoms with E-state index in [2.05, 4.69) is 15.3 Å². The fraction of sp³-hybridized carbons (Fsp3) is 0.250. The molecule has 0 aliphatic carbocycles. The van der Waals surface area contributed by atoms with Crippen LogP contribution in [0.25, 0.3) is 10.2 Å². The Bertz CT molecular complexity index is 840. The standard InChI is InChI=1S/C16H16Cl2N4S/c1-8(2)20-16-21-13-7-9(23-14(13)15(19)22-16)6-10-11(17)4-3-5-12(10)18/h3-5,7-8H,6H2,1-2H3,(H3,19,20,21,22). The van der Waals surface area contributed by atoms with E-state index in [0.29, 0.717) is 28.2 Å². The largest absolute Gasteiger partial charge is 0.382 e. The zero-order valence-corrected chi connectivity index (χ0v) is 15.1. The molecule has 0 radical (unpaired) electrons. The lowest BCUT2D eigenvalue weighted by atomic mass is 10.1. The molecule has 3 aromatic rings. The molecule has 0 fully saturated rings. The molecule has 0 amide bonds. The van der Waals surface area contributed by atoms with Crippen LogP contribution in [0.15, 0.2) is 24.3 Å². The van der Waals surface area contributed by atoms with Gasteiger partial charge in [0.05, 0.1) is 10.2 Å². The molecule has 2 heterocycles. The zero-order valence-electron chi connectivity index (χ0n) is 12.7. The number of thiophene rings is 1. The van der Waals surface area contributed by atoms with Crippen LogP contribution in [-0.4, -0.2) is 16.0 Å². The topological polar surface area (TPSA) is 63.8 Å². The van der Waals surface area contributed by atoms with E-state index in [1.54, 1.807) is 11.3 Å². The quantitative estimate of drug-likeness (QED) is 0.682. The van der Waals surface area contributed by atoms with Gasteiger partial charge in [0.1, 0.15) is 5.82 Å². The molecule has 0 saturated carbocycles. The number of rotatable bonds is 4. The zero-order chi connectivity index (χ0) is 16.6. The number of nitrogen functional groups attached to an aromatic ring is 1. The first-order valence-electron chi connectivity index (χ1n) is 7.19. The molecule has 4 nitrogen and oxygen atoms in total. The number of anilines is 2. The number of fused-ring (bicyclic) bond motifs is 1. The van der Waals surface area contributed by atoms with Gasteiger partial charge in [-0.2, -0.15) is 4.98 Å². The Labute approximate surface area is 148 Å². The third-order valence-corrected chi connectivity index (χ3v) is 5.13. The third kappa shape index (κ3) is 3.52. The highest BCUT2D eigenvalue weighted by atomic mass is 35.5. The van der Waals surface area contributed by atoms with Crippen molar-refractivity contribution in [1.82, 2.24) is 9.97 Å². The van der Waals surface area contributed by atoms with E-state index in [0.717, 1.165) is 20.7 Å². The van der Waals surface area contributed by atoms with E-state index in [1.165, 1.54) is 0 Å². The normalized spacial score (nSPS) is 11.3. The van der Waals surface area contributed by atoms with E-state index in [9.17, 15) is 0 Å². The number of nitrogens with two attached hydrogens (primary N) is 1. The second kappa shape index (κ2) is 6.51. The van der Waals surface area contributed by atoms with Crippen molar-refractivity contribution in [1.29, 1.82) is 0 Å². The van der Waals surface area contributed by atoms with Crippen molar-refractivity contribution in [2.75, 3.05) is 11.1 Å². The highest BCUT2D eigenvalue weighted by molar-refractivity contribution is 7.19. The smallest absolute Gasteiger partial charge is 0.225 e. The summed E-state index contributed by atoms with van der Waals surface area (Å²) in [6.45, 7) is 4.06. The van der Waals surface area contributed by atoms with Gasteiger partial charge in [-0.05, 0) is 37.6 Å². The second-order valence-electron chi connectivity index (χ2n) is 5.54. The Kier molecular flexibility index (Phi) is 4.62. The van der Waals surface area contributed by atoms with Gasteiger partial charge < -0.3 is 11.1 Å². The summed E-state index contributed by atoms with van der Waals surface area (Å²) in [6.07, 6.45) is 0.645. The number of nitrogens with zero attached hydrogens (tertiary/aromatic N) is 2. The van der Waals surface area contributed by atoms with E-state index < -0.39 is 0 Å². The average molecular weight is 367 g/mol. The summed E-state index contributed by atoms with van der Waals surface area (Å²) in [4.78, 5) is 9.93. The predicted molar refractivity (Wildman–Crippen MR) is 99.9 cm³/mol. The molecule has 0 spiro atoms. The lowest BCUT2D eigenvalue weighted by Gasteiger charge is -2.08. The number of hydrogen-bond donors (Lipinski definition) is 2. The highest BCUT2D eigenvalue weighted by Crippen LogP contribution is 2.33. The molecule has 0 unspecified atom stereocenters. The first-order chi connectivity index (χ1) is 10.9. The molecule has 120 valence electrons. The van der Waals surface area contributed by atoms with Gasteiger partial charge in [0, 0.05) is 27.4 Å². The van der Waals surface area contributed by atoms with Gasteiger partial charge in [-0.15, -0.1) is 11.3 Å². The lowest BCUT2D eigenvalue weighted by molar-refractivity contribution is 0.879. The second-order valence-corrected chi connectivity index (χ2v) is 7.49. The number of halogens is 2. The van der Waals surface area contributed by atoms with Crippen LogP contribution in [0.2, 0.25) is 10.0 Å². The van der Waals surface area contributed by atoms with E-state index in [1.807, 2.05) is 38.1 Å². The first-order valence-corrected chi connectivity index (χ1v) is 8.76. The predicted octanol–water partition coefficient (Wildman–Crippen LogP) is 4.99. The van der Waals surface area contributed by atoms with E-state index >= 15 is 0 Å². The molecular formula is C16H16Cl2N4S. The number of benzene rings is 1. The van der Waals surface area contributed by atoms with E-state index in [-0.39, 0.29) is 6.04 Å². The number of hydrogen-bond acceptors (Lipinski definition) is 5. The van der Waals surface area contributed by atoms with Crippen LogP contribution in [0.3, 0.4) is 0 Å². The van der Waals surface area contributed by atoms with Crippen molar-refractivity contribution in [2.45, 2.75) is 26.3 Å². The molecule has 2 aromatic heterocycles. The average Bonchev–Trinajstić information content (AvgIpc) is 2.85. The van der Waals surface area contributed by atoms with Gasteiger partial charge in [0.25, 0.3) is 0 Å². The summed E-state index contributed by atoms with van der Waals surface area (Å²) in [5, 5.41) is 4.50. The van der Waals surface area contributed by atoms with Crippen molar-refractivity contribution < 1.29 is 0 Å². The summed E-state index contributed by atoms with van der Waals surface area (Å²) in [5.41, 5.74) is 7.81. The van der Waals surface area contributed by atoms with Crippen LogP contribution in [0.5, 0.6) is 0 Å². The Hall–Kier alpha value is -1.56. The molecule has 0 atom stereocenters. The number of aromatic nitrogens is 2. The van der Waals surface area contributed by atoms with Gasteiger partial charge in [0.2, 0.25) is 5.95 Å². The van der Waals surface area contributed by atoms with Gasteiger partial charge >= 0.3 is 0 Å². The number of nitrogens with one attached hydrogen (secondary N) is 1. The minimum absolute atomic E-state index is 0.242. The molecule has 0 aliphatic heterocycles. The van der Waals surface area contributed by atoms with Crippen LogP contribution >= 0.6 is 34.5 Å². The van der Waals surface area contributed by atoms with Gasteiger partial charge in [-0.25, -0.2) is 4.98 Å². The Morgan fingerprint density at radius 1 is 1.22 bits per heavy atom. The van der Waals surface area contributed by atoms with Crippen LogP contribution in [0.1, 0.15) is 24.3 Å². The molecule has 1 aromatic carbocycles. The maximum Gasteiger partial charge on any atom is 0.225 e. The van der Waals surface area contributed by atoms with Gasteiger partial charge in [0.15, 0.2) is 0 Å². The van der Waals surface area contributed by atoms with Crippen molar-refractivity contribution in [2.24, 2.45) is 0 Å². The minimum Gasteiger partial charge on any atom is -0.382 e. The monoisotopic (exact) mass is 366 g/mol. The molecule has 23 heavy (non-hydrogen) atoms. The van der Waals surface area contributed by atoms with Crippen LogP contribution in [-0.2, 0) is 6.42 Å². The third-order valence-electron chi connectivity index (χ3n) is 3.28. The highest BCUT2D eigenvalue weighted by Gasteiger charge is 2.13. The van der Waals surface area contributed by atoms with Crippen molar-refractivity contribution in [3.05, 3.63) is 44.8 Å². The minimum atomic E-state index is 0.242. The maximum atomic E-state index is 6.25. The van der Waals surface area contributed by atoms with Crippen LogP contribution < -0.4 is 11.1 Å². The van der Waals surface area contributed by atoms with Crippen molar-refractivity contribution in [3.63, 3.8) is 0 Å². The summed E-state index contributed by atoms with van der Waals surface area (Å²) in [6, 6.07) is 7.78. The molecular weight excluding hydrogens is 351 g/mol. The Morgan fingerprint density at radius 2 is 1.91 bits per heavy atom. The molecule has 3 rings (SSSR count). The lowest BCUT2D eigenvalue weighted by Crippen LogP contribution is -2.13. The van der Waals surface area contributed by atoms with Crippen molar-refractivity contribution in [3.8, 4) is 0 Å². The first kappa shape index (κ1) is 16.3. The summed E-state index contributed by atoms with van der Waals surface area (Å²) < 4.78 is 0.887. The summed E-state index contributed by atoms with van der Waals surface area (Å²) >= 11 is 14.1. The molecule has 0 bridgehead atoms. The molecule has 7 heteroatoms. The summed E-state index contributed by atoms with van der Waals surface area (Å²) in [5.74, 6) is 1.03. The van der Waals surface area contributed by atoms with Crippen LogP contribution in [0.4, 0.5) is 11.8 Å². The molecule has 0 aliphatic rings. The SMILES string of the molecule is CC(C)Nc1nc(N)c2sc(Cc3c(Cl)cccc3Cl)cc2n1. The molecule has 3 N–H and O–H groups in total. The Balaban J connectivity index is 1.98. The van der Waals surface area contributed by atoms with Gasteiger partial charge in [-0.1, -0.05) is 29.3 Å². The van der Waals surface area contributed by atoms with Crippen LogP contribution in [0, 0.1) is 0 Å². The van der Waals surface area contributed by atoms with E-state index in [4.69, 9.17) is 28.9 Å². The fourth-order valence-electron chi connectivity index (χ4n) is 2.29. The maximum absolute atomic E-state index is 6.25.